The molecule has 1 aliphatic carbocycles. The summed E-state index contributed by atoms with van der Waals surface area (Å²) in [5.41, 5.74) is 2.65. The van der Waals surface area contributed by atoms with Crippen LogP contribution >= 0.6 is 28.3 Å². The Hall–Kier alpha value is -4.45. The first-order chi connectivity index (χ1) is 24.7. The smallest absolute Gasteiger partial charge is 0.258 e. The lowest BCUT2D eigenvalue weighted by Crippen LogP contribution is -2.55. The minimum atomic E-state index is -1.07. The minimum Gasteiger partial charge on any atom is -0.496 e. The number of carbonyl (C=O) groups is 4. The lowest BCUT2D eigenvalue weighted by Gasteiger charge is -2.27. The van der Waals surface area contributed by atoms with Gasteiger partial charge in [-0.3, -0.25) is 19.2 Å². The van der Waals surface area contributed by atoms with Crippen LogP contribution in [-0.2, 0) is 16.1 Å². The van der Waals surface area contributed by atoms with Crippen LogP contribution in [0.15, 0.2) is 83.3 Å². The van der Waals surface area contributed by atoms with E-state index >= 15 is 0 Å². The third kappa shape index (κ3) is 8.43. The van der Waals surface area contributed by atoms with Crippen LogP contribution in [0.2, 0.25) is 0 Å². The molecule has 4 aromatic rings. The largest absolute Gasteiger partial charge is 0.496 e. The summed E-state index contributed by atoms with van der Waals surface area (Å²) in [5, 5.41) is 10.8. The molecule has 52 heavy (non-hydrogen) atoms. The van der Waals surface area contributed by atoms with Crippen molar-refractivity contribution >= 4 is 74.1 Å². The average molecular weight is 791 g/mol. The summed E-state index contributed by atoms with van der Waals surface area (Å²) < 4.78 is 6.71. The van der Waals surface area contributed by atoms with Gasteiger partial charge in [-0.2, -0.15) is 0 Å². The number of fused-ring (bicyclic) bond motifs is 2. The maximum absolute atomic E-state index is 14.6. The van der Waals surface area contributed by atoms with E-state index in [9.17, 15) is 19.2 Å². The summed E-state index contributed by atoms with van der Waals surface area (Å²) in [6.45, 7) is 2.38. The molecule has 2 unspecified atom stereocenters. The van der Waals surface area contributed by atoms with Crippen molar-refractivity contribution in [2.75, 3.05) is 37.0 Å². The van der Waals surface area contributed by atoms with E-state index in [0.717, 1.165) is 33.7 Å². The number of halogens is 2. The molecule has 1 fully saturated rings. The molecule has 10 nitrogen and oxygen atoms in total. The van der Waals surface area contributed by atoms with E-state index in [0.29, 0.717) is 40.7 Å². The van der Waals surface area contributed by atoms with Crippen LogP contribution in [-0.4, -0.2) is 63.0 Å². The molecule has 1 aliphatic heterocycles. The molecule has 0 aromatic heterocycles. The van der Waals surface area contributed by atoms with Crippen LogP contribution in [0, 0.1) is 5.92 Å². The number of hydrogen-bond donors (Lipinski definition) is 3. The van der Waals surface area contributed by atoms with Gasteiger partial charge in [0.25, 0.3) is 17.7 Å². The molecule has 3 N–H and O–H groups in total. The normalized spacial score (nSPS) is 16.7. The number of ether oxygens (including phenoxy) is 1. The molecular weight excluding hydrogens is 746 g/mol. The molecule has 0 saturated heterocycles. The van der Waals surface area contributed by atoms with E-state index in [1.165, 1.54) is 24.2 Å². The Kier molecular flexibility index (Phi) is 13.0. The molecule has 2 atom stereocenters. The Labute approximate surface area is 319 Å². The quantitative estimate of drug-likeness (QED) is 0.166. The van der Waals surface area contributed by atoms with Crippen LogP contribution in [0.1, 0.15) is 65.3 Å². The summed E-state index contributed by atoms with van der Waals surface area (Å²) in [7, 11) is 3.26. The molecule has 0 radical (unpaired) electrons. The first-order valence-corrected chi connectivity index (χ1v) is 18.3. The van der Waals surface area contributed by atoms with Gasteiger partial charge in [0.1, 0.15) is 11.8 Å². The van der Waals surface area contributed by atoms with Gasteiger partial charge < -0.3 is 30.5 Å². The van der Waals surface area contributed by atoms with E-state index in [2.05, 4.69) is 31.9 Å². The zero-order chi connectivity index (χ0) is 36.1. The number of likely N-dealkylation sites (N-methyl/N-ethyl adjacent to an activating group) is 1. The van der Waals surface area contributed by atoms with Crippen molar-refractivity contribution in [3.63, 3.8) is 0 Å². The Morgan fingerprint density at radius 2 is 1.62 bits per heavy atom. The van der Waals surface area contributed by atoms with Crippen molar-refractivity contribution in [2.24, 2.45) is 5.92 Å². The highest BCUT2D eigenvalue weighted by Gasteiger charge is 2.38. The van der Waals surface area contributed by atoms with Crippen molar-refractivity contribution in [3.05, 3.63) is 100 Å². The molecule has 4 aromatic carbocycles. The average Bonchev–Trinajstić information content (AvgIpc) is 3.27. The second-order valence-electron chi connectivity index (χ2n) is 13.3. The highest BCUT2D eigenvalue weighted by molar-refractivity contribution is 9.10. The fourth-order valence-corrected chi connectivity index (χ4v) is 7.36. The summed E-state index contributed by atoms with van der Waals surface area (Å²) in [5.74, 6) is -0.152. The van der Waals surface area contributed by atoms with Gasteiger partial charge in [0.05, 0.1) is 37.6 Å². The van der Waals surface area contributed by atoms with Crippen LogP contribution < -0.4 is 30.5 Å². The van der Waals surface area contributed by atoms with Crippen molar-refractivity contribution in [1.82, 2.24) is 16.0 Å². The fourth-order valence-electron chi connectivity index (χ4n) is 6.99. The second kappa shape index (κ2) is 17.4. The SMILES string of the molecule is CNC(C)C(=O)NC1CN(C(=O)c2ccc(C(=O)NCC3CCCCC3)cc2)c2ccccc2N(Cc2c(OC)ccc3cc(Br)ccc23)C1=O.Cl. The topological polar surface area (TPSA) is 120 Å². The second-order valence-corrected chi connectivity index (χ2v) is 14.2. The van der Waals surface area contributed by atoms with Gasteiger partial charge in [-0.05, 0) is 98.1 Å². The lowest BCUT2D eigenvalue weighted by atomic mass is 9.89. The van der Waals surface area contributed by atoms with Gasteiger partial charge in [0.2, 0.25) is 5.91 Å². The zero-order valence-electron chi connectivity index (χ0n) is 29.6. The summed E-state index contributed by atoms with van der Waals surface area (Å²) >= 11 is 3.55. The predicted molar refractivity (Wildman–Crippen MR) is 211 cm³/mol. The highest BCUT2D eigenvalue weighted by Crippen LogP contribution is 2.38. The Balaban J connectivity index is 0.00000523. The molecule has 1 heterocycles. The summed E-state index contributed by atoms with van der Waals surface area (Å²) in [6.07, 6.45) is 5.93. The van der Waals surface area contributed by atoms with Gasteiger partial charge in [-0.15, -0.1) is 12.4 Å². The Bertz CT molecular complexity index is 1930. The third-order valence-corrected chi connectivity index (χ3v) is 10.5. The first kappa shape index (κ1) is 38.8. The number of methoxy groups -OCH3 is 1. The van der Waals surface area contributed by atoms with Crippen molar-refractivity contribution in [2.45, 2.75) is 57.7 Å². The maximum atomic E-state index is 14.6. The van der Waals surface area contributed by atoms with Crippen LogP contribution in [0.5, 0.6) is 5.75 Å². The fraction of sp³-hybridized carbons (Fsp3) is 0.350. The van der Waals surface area contributed by atoms with Gasteiger partial charge in [0.15, 0.2) is 0 Å². The van der Waals surface area contributed by atoms with E-state index in [1.54, 1.807) is 56.3 Å². The summed E-state index contributed by atoms with van der Waals surface area (Å²) in [6, 6.07) is 22.0. The van der Waals surface area contributed by atoms with Crippen molar-refractivity contribution < 1.29 is 23.9 Å². The number of nitrogens with one attached hydrogen (secondary N) is 3. The highest BCUT2D eigenvalue weighted by atomic mass is 79.9. The third-order valence-electron chi connectivity index (χ3n) is 10.0. The van der Waals surface area contributed by atoms with Gasteiger partial charge in [-0.1, -0.05) is 59.5 Å². The Morgan fingerprint density at radius 1 is 0.923 bits per heavy atom. The molecule has 2 aliphatic rings. The van der Waals surface area contributed by atoms with E-state index in [4.69, 9.17) is 4.74 Å². The van der Waals surface area contributed by atoms with Crippen molar-refractivity contribution in [1.29, 1.82) is 0 Å². The Morgan fingerprint density at radius 3 is 2.31 bits per heavy atom. The maximum Gasteiger partial charge on any atom is 0.258 e. The standard InChI is InChI=1S/C40H44BrN5O5.ClH/c1-25(42-2)37(47)44-33-24-46(39(49)28-15-13-27(14-16-28)38(48)43-22-26-9-5-4-6-10-26)35-12-8-7-11-34(35)45(40(33)50)23-32-31-19-18-30(41)21-29(31)17-20-36(32)51-3;/h7-8,11-21,25-26,33,42H,4-6,9-10,22-24H2,1-3H3,(H,43,48)(H,44,47);1H. The monoisotopic (exact) mass is 789 g/mol. The number of rotatable bonds is 10. The minimum absolute atomic E-state index is 0. The number of para-hydroxylation sites is 2. The molecular formula is C40H45BrClN5O5. The molecule has 6 rings (SSSR count). The number of benzene rings is 4. The van der Waals surface area contributed by atoms with Crippen LogP contribution in [0.3, 0.4) is 0 Å². The number of nitrogens with zero attached hydrogens (tertiary/aromatic N) is 2. The van der Waals surface area contributed by atoms with Gasteiger partial charge in [-0.25, -0.2) is 0 Å². The van der Waals surface area contributed by atoms with Crippen molar-refractivity contribution in [3.8, 4) is 5.75 Å². The number of hydrogen-bond acceptors (Lipinski definition) is 6. The lowest BCUT2D eigenvalue weighted by molar-refractivity contribution is -0.128. The predicted octanol–water partition coefficient (Wildman–Crippen LogP) is 6.63. The first-order valence-electron chi connectivity index (χ1n) is 17.5. The van der Waals surface area contributed by atoms with E-state index in [-0.39, 0.29) is 49.1 Å². The van der Waals surface area contributed by atoms with E-state index < -0.39 is 12.1 Å². The van der Waals surface area contributed by atoms with Gasteiger partial charge >= 0.3 is 0 Å². The number of carbonyl (C=O) groups excluding carboxylic acids is 4. The number of anilines is 2. The van der Waals surface area contributed by atoms with Gasteiger partial charge in [0, 0.05) is 27.7 Å². The summed E-state index contributed by atoms with van der Waals surface area (Å²) in [4.78, 5) is 58.3. The van der Waals surface area contributed by atoms with E-state index in [1.807, 2.05) is 48.5 Å². The molecule has 274 valence electrons. The molecule has 12 heteroatoms. The number of amides is 4. The molecule has 4 amide bonds. The molecule has 1 saturated carbocycles. The molecule has 0 spiro atoms. The molecule has 0 bridgehead atoms. The zero-order valence-corrected chi connectivity index (χ0v) is 32.0. The van der Waals surface area contributed by atoms with Crippen LogP contribution in [0.25, 0.3) is 10.8 Å². The van der Waals surface area contributed by atoms with Crippen LogP contribution in [0.4, 0.5) is 11.4 Å².